The smallest absolute Gasteiger partial charge is 0.417 e. The molecule has 0 unspecified atom stereocenters. The second-order valence-electron chi connectivity index (χ2n) is 2.42. The van der Waals surface area contributed by atoms with Crippen molar-refractivity contribution in [3.63, 3.8) is 0 Å². The number of alkyl halides is 3. The van der Waals surface area contributed by atoms with E-state index in [4.69, 9.17) is 10.5 Å². The molecule has 6 heteroatoms. The van der Waals surface area contributed by atoms with E-state index in [1.807, 2.05) is 0 Å². The molecule has 0 spiro atoms. The van der Waals surface area contributed by atoms with E-state index in [0.29, 0.717) is 6.08 Å². The van der Waals surface area contributed by atoms with E-state index in [2.05, 4.69) is 0 Å². The summed E-state index contributed by atoms with van der Waals surface area (Å²) in [5.41, 5.74) is -1.42. The Morgan fingerprint density at radius 2 is 1.86 bits per heavy atom. The highest BCUT2D eigenvalue weighted by atomic mass is 19.4. The molecule has 0 saturated heterocycles. The first-order valence-electron chi connectivity index (χ1n) is 3.48. The van der Waals surface area contributed by atoms with Crippen LogP contribution in [0.25, 0.3) is 0 Å². The monoisotopic (exact) mass is 207 g/mol. The van der Waals surface area contributed by atoms with E-state index in [9.17, 15) is 18.0 Å². The summed E-state index contributed by atoms with van der Waals surface area (Å²) in [4.78, 5) is 10.2. The van der Waals surface area contributed by atoms with E-state index >= 15 is 0 Å². The average Bonchev–Trinajstić information content (AvgIpc) is 2.02. The van der Waals surface area contributed by atoms with Crippen molar-refractivity contribution < 1.29 is 23.1 Å². The molecule has 0 heterocycles. The normalized spacial score (nSPS) is 14.0. The molecule has 14 heavy (non-hydrogen) atoms. The van der Waals surface area contributed by atoms with Crippen LogP contribution in [-0.2, 0) is 4.79 Å². The zero-order valence-corrected chi connectivity index (χ0v) is 7.22. The predicted octanol–water partition coefficient (Wildman–Crippen LogP) is 2.16. The van der Waals surface area contributed by atoms with Gasteiger partial charge in [-0.15, -0.1) is 0 Å². The number of hydrogen-bond acceptors (Lipinski definition) is 2. The van der Waals surface area contributed by atoms with Crippen LogP contribution >= 0.6 is 0 Å². The standard InChI is InChI=1S/C8H8F3NO2/c1-5(7(13)14)2-3-6(4-12)8(9,10)11/h2-4,12H,1H3,(H,13,14)/b5-2+,6-3+,12-4?. The number of hydrogen-bond donors (Lipinski definition) is 2. The second-order valence-corrected chi connectivity index (χ2v) is 2.42. The Morgan fingerprint density at radius 1 is 1.36 bits per heavy atom. The Kier molecular flexibility index (Phi) is 4.07. The molecule has 0 atom stereocenters. The van der Waals surface area contributed by atoms with Crippen molar-refractivity contribution in [2.75, 3.05) is 0 Å². The van der Waals surface area contributed by atoms with Gasteiger partial charge in [-0.25, -0.2) is 4.79 Å². The fourth-order valence-corrected chi connectivity index (χ4v) is 0.511. The number of carbonyl (C=O) groups is 1. The van der Waals surface area contributed by atoms with E-state index in [0.717, 1.165) is 13.0 Å². The minimum absolute atomic E-state index is 0.131. The van der Waals surface area contributed by atoms with E-state index < -0.39 is 17.7 Å². The summed E-state index contributed by atoms with van der Waals surface area (Å²) in [7, 11) is 0. The van der Waals surface area contributed by atoms with Crippen LogP contribution in [0.2, 0.25) is 0 Å². The molecule has 78 valence electrons. The van der Waals surface area contributed by atoms with E-state index in [-0.39, 0.29) is 11.8 Å². The van der Waals surface area contributed by atoms with Gasteiger partial charge in [0.05, 0.1) is 5.57 Å². The maximum Gasteiger partial charge on any atom is 0.417 e. The summed E-state index contributed by atoms with van der Waals surface area (Å²) < 4.78 is 35.9. The van der Waals surface area contributed by atoms with Crippen LogP contribution in [0, 0.1) is 5.41 Å². The molecule has 0 rings (SSSR count). The maximum absolute atomic E-state index is 12.0. The summed E-state index contributed by atoms with van der Waals surface area (Å²) >= 11 is 0. The lowest BCUT2D eigenvalue weighted by Crippen LogP contribution is -2.12. The van der Waals surface area contributed by atoms with Gasteiger partial charge < -0.3 is 10.5 Å². The quantitative estimate of drug-likeness (QED) is 0.423. The molecule has 3 nitrogen and oxygen atoms in total. The first-order chi connectivity index (χ1) is 6.29. The number of carboxylic acid groups (broad SMARTS) is 1. The summed E-state index contributed by atoms with van der Waals surface area (Å²) in [5, 5.41) is 14.8. The summed E-state index contributed by atoms with van der Waals surface area (Å²) in [6.07, 6.45) is -3.14. The van der Waals surface area contributed by atoms with E-state index in [1.165, 1.54) is 0 Å². The molecule has 0 saturated carbocycles. The maximum atomic E-state index is 12.0. The third kappa shape index (κ3) is 3.88. The molecule has 0 aliphatic carbocycles. The largest absolute Gasteiger partial charge is 0.478 e. The first kappa shape index (κ1) is 12.4. The van der Waals surface area contributed by atoms with Crippen molar-refractivity contribution >= 4 is 12.2 Å². The number of rotatable bonds is 3. The fourth-order valence-electron chi connectivity index (χ4n) is 0.511. The van der Waals surface area contributed by atoms with Gasteiger partial charge in [-0.05, 0) is 13.0 Å². The SMILES string of the molecule is C/C(=C\C=C(/C=N)C(F)(F)F)C(=O)O. The lowest BCUT2D eigenvalue weighted by Gasteiger charge is -2.04. The molecule has 0 fully saturated rings. The highest BCUT2D eigenvalue weighted by Gasteiger charge is 2.31. The molecule has 0 bridgehead atoms. The van der Waals surface area contributed by atoms with Crippen LogP contribution < -0.4 is 0 Å². The number of nitrogens with one attached hydrogen (secondary N) is 1. The van der Waals surface area contributed by atoms with E-state index in [1.54, 1.807) is 0 Å². The van der Waals surface area contributed by atoms with Gasteiger partial charge in [0, 0.05) is 11.8 Å². The van der Waals surface area contributed by atoms with Gasteiger partial charge in [-0.3, -0.25) is 0 Å². The number of aliphatic carboxylic acids is 1. The van der Waals surface area contributed by atoms with Crippen molar-refractivity contribution in [1.82, 2.24) is 0 Å². The molecule has 0 aromatic rings. The molecule has 0 amide bonds. The summed E-state index contributed by atoms with van der Waals surface area (Å²) in [6.45, 7) is 1.16. The summed E-state index contributed by atoms with van der Waals surface area (Å²) in [6, 6.07) is 0. The Morgan fingerprint density at radius 3 is 2.14 bits per heavy atom. The lowest BCUT2D eigenvalue weighted by atomic mass is 10.2. The first-order valence-corrected chi connectivity index (χ1v) is 3.48. The third-order valence-corrected chi connectivity index (χ3v) is 1.33. The van der Waals surface area contributed by atoms with Crippen LogP contribution in [0.1, 0.15) is 6.92 Å². The fraction of sp³-hybridized carbons (Fsp3) is 0.250. The van der Waals surface area contributed by atoms with Gasteiger partial charge in [0.2, 0.25) is 0 Å². The van der Waals surface area contributed by atoms with Gasteiger partial charge in [0.1, 0.15) is 0 Å². The summed E-state index contributed by atoms with van der Waals surface area (Å²) in [5.74, 6) is -1.30. The van der Waals surface area contributed by atoms with Crippen LogP contribution in [-0.4, -0.2) is 23.5 Å². The lowest BCUT2D eigenvalue weighted by molar-refractivity contribution is -0.132. The molecule has 0 radical (unpaired) electrons. The minimum Gasteiger partial charge on any atom is -0.478 e. The van der Waals surface area contributed by atoms with Crippen molar-refractivity contribution in [1.29, 1.82) is 5.41 Å². The van der Waals surface area contributed by atoms with Gasteiger partial charge in [0.25, 0.3) is 0 Å². The average molecular weight is 207 g/mol. The van der Waals surface area contributed by atoms with Crippen molar-refractivity contribution in [3.8, 4) is 0 Å². The molecule has 0 aromatic heterocycles. The topological polar surface area (TPSA) is 61.2 Å². The molecule has 0 aliphatic rings. The molecule has 2 N–H and O–H groups in total. The molecular formula is C8H8F3NO2. The van der Waals surface area contributed by atoms with Gasteiger partial charge in [-0.1, -0.05) is 6.08 Å². The third-order valence-electron chi connectivity index (χ3n) is 1.33. The number of allylic oxidation sites excluding steroid dienone is 3. The van der Waals surface area contributed by atoms with Crippen LogP contribution in [0.15, 0.2) is 23.3 Å². The van der Waals surface area contributed by atoms with Crippen molar-refractivity contribution in [2.24, 2.45) is 0 Å². The predicted molar refractivity (Wildman–Crippen MR) is 44.3 cm³/mol. The van der Waals surface area contributed by atoms with Crippen LogP contribution in [0.3, 0.4) is 0 Å². The Bertz CT molecular complexity index is 302. The van der Waals surface area contributed by atoms with Crippen LogP contribution in [0.5, 0.6) is 0 Å². The molecule has 0 aliphatic heterocycles. The zero-order valence-electron chi connectivity index (χ0n) is 7.22. The Hall–Kier alpha value is -1.59. The number of halogens is 3. The molecule has 0 aromatic carbocycles. The van der Waals surface area contributed by atoms with Crippen molar-refractivity contribution in [2.45, 2.75) is 13.1 Å². The number of carboxylic acids is 1. The van der Waals surface area contributed by atoms with Crippen LogP contribution in [0.4, 0.5) is 13.2 Å². The Labute approximate surface area is 78.1 Å². The van der Waals surface area contributed by atoms with Crippen molar-refractivity contribution in [3.05, 3.63) is 23.3 Å². The molecular weight excluding hydrogens is 199 g/mol. The Balaban J connectivity index is 4.90. The second kappa shape index (κ2) is 4.59. The zero-order chi connectivity index (χ0) is 11.4. The highest BCUT2D eigenvalue weighted by Crippen LogP contribution is 2.23. The van der Waals surface area contributed by atoms with Gasteiger partial charge in [0.15, 0.2) is 0 Å². The van der Waals surface area contributed by atoms with Gasteiger partial charge in [-0.2, -0.15) is 13.2 Å². The highest BCUT2D eigenvalue weighted by molar-refractivity contribution is 5.86. The minimum atomic E-state index is -4.63. The van der Waals surface area contributed by atoms with Gasteiger partial charge >= 0.3 is 12.1 Å².